The van der Waals surface area contributed by atoms with E-state index in [1.807, 2.05) is 70.1 Å². The summed E-state index contributed by atoms with van der Waals surface area (Å²) < 4.78 is 6.99. The predicted molar refractivity (Wildman–Crippen MR) is 109 cm³/mol. The molecule has 2 aromatic rings. The summed E-state index contributed by atoms with van der Waals surface area (Å²) in [5.74, 6) is 0.946. The van der Waals surface area contributed by atoms with E-state index in [1.54, 1.807) is 0 Å². The highest BCUT2D eigenvalue weighted by molar-refractivity contribution is 9.10. The Morgan fingerprint density at radius 1 is 1.37 bits per heavy atom. The minimum atomic E-state index is -0.684. The summed E-state index contributed by atoms with van der Waals surface area (Å²) in [5, 5.41) is 3.14. The Bertz CT molecular complexity index is 801. The van der Waals surface area contributed by atoms with Crippen LogP contribution in [0.1, 0.15) is 39.6 Å². The molecule has 0 radical (unpaired) electrons. The Morgan fingerprint density at radius 2 is 2.04 bits per heavy atom. The summed E-state index contributed by atoms with van der Waals surface area (Å²) in [6.45, 7) is 8.35. The van der Waals surface area contributed by atoms with Crippen LogP contribution in [0.5, 0.6) is 0 Å². The van der Waals surface area contributed by atoms with E-state index in [1.165, 1.54) is 0 Å². The van der Waals surface area contributed by atoms with Crippen LogP contribution in [0.3, 0.4) is 0 Å². The van der Waals surface area contributed by atoms with Gasteiger partial charge in [-0.2, -0.15) is 0 Å². The Kier molecular flexibility index (Phi) is 5.74. The number of benzene rings is 1. The molecule has 6 nitrogen and oxygen atoms in total. The number of aromatic amines is 1. The molecule has 1 aliphatic heterocycles. The van der Waals surface area contributed by atoms with Gasteiger partial charge in [0.15, 0.2) is 0 Å². The molecule has 2 unspecified atom stereocenters. The molecule has 2 heterocycles. The first-order valence-electron chi connectivity index (χ1n) is 9.20. The lowest BCUT2D eigenvalue weighted by molar-refractivity contribution is -0.149. The second kappa shape index (κ2) is 7.73. The van der Waals surface area contributed by atoms with Gasteiger partial charge in [-0.3, -0.25) is 4.79 Å². The van der Waals surface area contributed by atoms with Gasteiger partial charge >= 0.3 is 0 Å². The molecule has 0 bridgehead atoms. The highest BCUT2D eigenvalue weighted by atomic mass is 79.9. The van der Waals surface area contributed by atoms with Crippen LogP contribution in [0, 0.1) is 5.92 Å². The lowest BCUT2D eigenvalue weighted by atomic mass is 10.0. The molecule has 7 heteroatoms. The van der Waals surface area contributed by atoms with E-state index in [-0.39, 0.29) is 23.9 Å². The average molecular weight is 435 g/mol. The maximum absolute atomic E-state index is 13.3. The minimum Gasteiger partial charge on any atom is -0.354 e. The van der Waals surface area contributed by atoms with Crippen LogP contribution in [0.2, 0.25) is 0 Å². The van der Waals surface area contributed by atoms with Crippen molar-refractivity contribution in [2.24, 2.45) is 5.92 Å². The number of likely N-dealkylation sites (N-methyl/N-ethyl adjacent to an activating group) is 1. The molecule has 0 saturated carbocycles. The summed E-state index contributed by atoms with van der Waals surface area (Å²) in [6.07, 6.45) is 1.81. The number of ether oxygens (including phenoxy) is 1. The molecule has 1 saturated heterocycles. The number of carbonyl (C=O) groups is 1. The van der Waals surface area contributed by atoms with Crippen LogP contribution in [-0.2, 0) is 9.53 Å². The van der Waals surface area contributed by atoms with Crippen LogP contribution in [0.4, 0.5) is 0 Å². The Morgan fingerprint density at radius 3 is 2.63 bits per heavy atom. The standard InChI is InChI=1S/C20H27BrN4O2/c1-12(2)17(22-5)19(26)25-16(11-27-20(25,3)4)18-23-10-15(24-18)13-6-8-14(21)9-7-13/h6-10,12,16-17,22H,11H2,1-5H3,(H,23,24). The van der Waals surface area contributed by atoms with Crippen LogP contribution >= 0.6 is 15.9 Å². The fourth-order valence-electron chi connectivity index (χ4n) is 3.60. The molecular weight excluding hydrogens is 408 g/mol. The smallest absolute Gasteiger partial charge is 0.242 e. The Balaban J connectivity index is 1.91. The molecule has 0 aliphatic carbocycles. The normalized spacial score (nSPS) is 20.3. The van der Waals surface area contributed by atoms with Crippen molar-refractivity contribution in [3.63, 3.8) is 0 Å². The molecule has 1 aliphatic rings. The van der Waals surface area contributed by atoms with E-state index in [2.05, 4.69) is 31.2 Å². The van der Waals surface area contributed by atoms with Gasteiger partial charge in [0.05, 0.1) is 24.5 Å². The molecule has 1 fully saturated rings. The fraction of sp³-hybridized carbons (Fsp3) is 0.500. The van der Waals surface area contributed by atoms with Crippen molar-refractivity contribution >= 4 is 21.8 Å². The first-order chi connectivity index (χ1) is 12.7. The molecule has 1 aromatic heterocycles. The fourth-order valence-corrected chi connectivity index (χ4v) is 3.86. The Labute approximate surface area is 168 Å². The van der Waals surface area contributed by atoms with E-state index in [4.69, 9.17) is 4.74 Å². The first kappa shape index (κ1) is 20.0. The minimum absolute atomic E-state index is 0.0293. The molecule has 1 aromatic carbocycles. The van der Waals surface area contributed by atoms with Crippen LogP contribution in [0.25, 0.3) is 11.3 Å². The van der Waals surface area contributed by atoms with Crippen molar-refractivity contribution in [2.45, 2.75) is 45.5 Å². The van der Waals surface area contributed by atoms with Crippen molar-refractivity contribution in [2.75, 3.05) is 13.7 Å². The number of nitrogens with one attached hydrogen (secondary N) is 2. The van der Waals surface area contributed by atoms with Crippen molar-refractivity contribution in [1.82, 2.24) is 20.2 Å². The van der Waals surface area contributed by atoms with Crippen LogP contribution in [-0.4, -0.2) is 46.2 Å². The van der Waals surface area contributed by atoms with Gasteiger partial charge in [0.2, 0.25) is 5.91 Å². The van der Waals surface area contributed by atoms with E-state index in [9.17, 15) is 4.79 Å². The number of halogens is 1. The Hall–Kier alpha value is -1.70. The molecule has 1 amide bonds. The second-order valence-electron chi connectivity index (χ2n) is 7.68. The number of aromatic nitrogens is 2. The summed E-state index contributed by atoms with van der Waals surface area (Å²) in [6, 6.07) is 7.52. The predicted octanol–water partition coefficient (Wildman–Crippen LogP) is 3.72. The lowest BCUT2D eigenvalue weighted by Crippen LogP contribution is -2.54. The second-order valence-corrected chi connectivity index (χ2v) is 8.60. The zero-order valence-corrected chi connectivity index (χ0v) is 18.0. The number of rotatable bonds is 5. The maximum Gasteiger partial charge on any atom is 0.242 e. The first-order valence-corrected chi connectivity index (χ1v) is 9.99. The topological polar surface area (TPSA) is 70.2 Å². The monoisotopic (exact) mass is 434 g/mol. The van der Waals surface area contributed by atoms with E-state index in [0.717, 1.165) is 21.6 Å². The molecule has 2 N–H and O–H groups in total. The molecule has 3 rings (SSSR count). The highest BCUT2D eigenvalue weighted by Crippen LogP contribution is 2.37. The van der Waals surface area contributed by atoms with Gasteiger partial charge < -0.3 is 19.9 Å². The third-order valence-electron chi connectivity index (χ3n) is 5.03. The van der Waals surface area contributed by atoms with Gasteiger partial charge in [0.1, 0.15) is 17.6 Å². The van der Waals surface area contributed by atoms with Crippen molar-refractivity contribution in [3.8, 4) is 11.3 Å². The van der Waals surface area contributed by atoms with Gasteiger partial charge in [-0.15, -0.1) is 0 Å². The number of hydrogen-bond donors (Lipinski definition) is 2. The summed E-state index contributed by atoms with van der Waals surface area (Å²) in [7, 11) is 1.82. The third kappa shape index (κ3) is 3.95. The maximum atomic E-state index is 13.3. The quantitative estimate of drug-likeness (QED) is 0.751. The molecule has 0 spiro atoms. The molecule has 146 valence electrons. The van der Waals surface area contributed by atoms with Crippen LogP contribution in [0.15, 0.2) is 34.9 Å². The number of nitrogens with zero attached hydrogens (tertiary/aromatic N) is 2. The van der Waals surface area contributed by atoms with E-state index >= 15 is 0 Å². The SMILES string of the molecule is CNC(C(=O)N1C(c2ncc(-c3ccc(Br)cc3)[nH]2)COC1(C)C)C(C)C. The number of amides is 1. The van der Waals surface area contributed by atoms with E-state index in [0.29, 0.717) is 6.61 Å². The van der Waals surface area contributed by atoms with Crippen molar-refractivity contribution in [3.05, 3.63) is 40.8 Å². The largest absolute Gasteiger partial charge is 0.354 e. The molecular formula is C20H27BrN4O2. The zero-order valence-electron chi connectivity index (χ0n) is 16.4. The number of carbonyl (C=O) groups excluding carboxylic acids is 1. The van der Waals surface area contributed by atoms with Gasteiger partial charge in [-0.1, -0.05) is 41.9 Å². The van der Waals surface area contributed by atoms with Crippen molar-refractivity contribution < 1.29 is 9.53 Å². The number of imidazole rings is 1. The zero-order chi connectivity index (χ0) is 19.8. The van der Waals surface area contributed by atoms with Gasteiger partial charge in [-0.05, 0) is 44.5 Å². The number of hydrogen-bond acceptors (Lipinski definition) is 4. The van der Waals surface area contributed by atoms with Crippen LogP contribution < -0.4 is 5.32 Å². The van der Waals surface area contributed by atoms with Gasteiger partial charge in [-0.25, -0.2) is 4.98 Å². The highest BCUT2D eigenvalue weighted by Gasteiger charge is 2.47. The van der Waals surface area contributed by atoms with Gasteiger partial charge in [0.25, 0.3) is 0 Å². The lowest BCUT2D eigenvalue weighted by Gasteiger charge is -2.36. The van der Waals surface area contributed by atoms with Crippen molar-refractivity contribution in [1.29, 1.82) is 0 Å². The third-order valence-corrected chi connectivity index (χ3v) is 5.56. The number of H-pyrrole nitrogens is 1. The van der Waals surface area contributed by atoms with E-state index < -0.39 is 5.72 Å². The summed E-state index contributed by atoms with van der Waals surface area (Å²) >= 11 is 3.45. The van der Waals surface area contributed by atoms with Gasteiger partial charge in [0, 0.05) is 4.47 Å². The molecule has 27 heavy (non-hydrogen) atoms. The summed E-state index contributed by atoms with van der Waals surface area (Å²) in [4.78, 5) is 23.0. The molecule has 2 atom stereocenters. The summed E-state index contributed by atoms with van der Waals surface area (Å²) in [5.41, 5.74) is 1.28. The average Bonchev–Trinajstić information content (AvgIpc) is 3.19.